The van der Waals surface area contributed by atoms with Crippen molar-refractivity contribution < 1.29 is 14.0 Å². The van der Waals surface area contributed by atoms with E-state index in [2.05, 4.69) is 37.1 Å². The van der Waals surface area contributed by atoms with Crippen LogP contribution in [0.15, 0.2) is 47.1 Å². The molecule has 1 aliphatic heterocycles. The van der Waals surface area contributed by atoms with Crippen LogP contribution in [0.2, 0.25) is 0 Å². The van der Waals surface area contributed by atoms with Crippen LogP contribution in [-0.2, 0) is 7.05 Å². The van der Waals surface area contributed by atoms with Gasteiger partial charge in [0.25, 0.3) is 11.8 Å². The zero-order chi connectivity index (χ0) is 20.5. The number of benzene rings is 1. The number of carbonyl (C=O) groups excluding carboxylic acids is 2. The molecular formula is C22H24N4O3. The molecule has 0 aliphatic carbocycles. The van der Waals surface area contributed by atoms with Gasteiger partial charge in [0.2, 0.25) is 0 Å². The van der Waals surface area contributed by atoms with Crippen LogP contribution in [0.5, 0.6) is 0 Å². The first-order chi connectivity index (χ1) is 13.9. The van der Waals surface area contributed by atoms with Crippen LogP contribution in [0, 0.1) is 13.8 Å². The van der Waals surface area contributed by atoms with Crippen LogP contribution in [0.4, 0.5) is 0 Å². The lowest BCUT2D eigenvalue weighted by Gasteiger charge is -2.33. The molecule has 7 nitrogen and oxygen atoms in total. The van der Waals surface area contributed by atoms with Crippen molar-refractivity contribution in [3.63, 3.8) is 0 Å². The highest BCUT2D eigenvalue weighted by atomic mass is 16.3. The van der Waals surface area contributed by atoms with E-state index in [0.29, 0.717) is 37.6 Å². The molecule has 3 heterocycles. The van der Waals surface area contributed by atoms with Crippen LogP contribution >= 0.6 is 0 Å². The van der Waals surface area contributed by atoms with Crippen molar-refractivity contribution in [1.82, 2.24) is 19.6 Å². The molecule has 1 aliphatic rings. The fraction of sp³-hybridized carbons (Fsp3) is 0.318. The van der Waals surface area contributed by atoms with E-state index in [-0.39, 0.29) is 11.8 Å². The van der Waals surface area contributed by atoms with Gasteiger partial charge in [-0.25, -0.2) is 0 Å². The third kappa shape index (κ3) is 3.68. The van der Waals surface area contributed by atoms with Crippen LogP contribution in [0.1, 0.15) is 32.2 Å². The quantitative estimate of drug-likeness (QED) is 0.687. The van der Waals surface area contributed by atoms with Gasteiger partial charge in [-0.05, 0) is 43.7 Å². The van der Waals surface area contributed by atoms with Crippen molar-refractivity contribution in [2.75, 3.05) is 26.2 Å². The van der Waals surface area contributed by atoms with Crippen molar-refractivity contribution >= 4 is 11.8 Å². The largest absolute Gasteiger partial charge is 0.459 e. The summed E-state index contributed by atoms with van der Waals surface area (Å²) in [6, 6.07) is 11.5. The maximum atomic E-state index is 13.0. The average molecular weight is 392 g/mol. The zero-order valence-electron chi connectivity index (χ0n) is 16.9. The molecule has 0 unspecified atom stereocenters. The van der Waals surface area contributed by atoms with Crippen LogP contribution < -0.4 is 0 Å². The minimum absolute atomic E-state index is 0.109. The van der Waals surface area contributed by atoms with E-state index in [9.17, 15) is 9.59 Å². The number of nitrogens with zero attached hydrogens (tertiary/aromatic N) is 4. The maximum absolute atomic E-state index is 13.0. The van der Waals surface area contributed by atoms with Crippen LogP contribution in [0.25, 0.3) is 11.3 Å². The van der Waals surface area contributed by atoms with E-state index >= 15 is 0 Å². The summed E-state index contributed by atoms with van der Waals surface area (Å²) in [5.74, 6) is 0.0760. The second-order valence-corrected chi connectivity index (χ2v) is 7.42. The number of aromatic nitrogens is 2. The number of furan rings is 1. The lowest BCUT2D eigenvalue weighted by atomic mass is 10.0. The lowest BCUT2D eigenvalue weighted by molar-refractivity contribution is 0.0515. The summed E-state index contributed by atoms with van der Waals surface area (Å²) in [5.41, 5.74) is 4.72. The van der Waals surface area contributed by atoms with Crippen molar-refractivity contribution in [2.24, 2.45) is 7.05 Å². The molecule has 3 aromatic rings. The first kappa shape index (κ1) is 19.0. The van der Waals surface area contributed by atoms with Crippen molar-refractivity contribution in [1.29, 1.82) is 0 Å². The van der Waals surface area contributed by atoms with Gasteiger partial charge in [0.1, 0.15) is 0 Å². The fourth-order valence-corrected chi connectivity index (χ4v) is 3.67. The van der Waals surface area contributed by atoms with Crippen molar-refractivity contribution in [3.05, 3.63) is 65.2 Å². The molecule has 1 saturated heterocycles. The second kappa shape index (κ2) is 7.58. The smallest absolute Gasteiger partial charge is 0.289 e. The Bertz CT molecular complexity index is 1040. The zero-order valence-corrected chi connectivity index (χ0v) is 16.9. The molecule has 0 bridgehead atoms. The molecule has 4 rings (SSSR count). The van der Waals surface area contributed by atoms with Gasteiger partial charge in [-0.2, -0.15) is 5.10 Å². The van der Waals surface area contributed by atoms with Crippen molar-refractivity contribution in [3.8, 4) is 11.3 Å². The summed E-state index contributed by atoms with van der Waals surface area (Å²) < 4.78 is 6.94. The summed E-state index contributed by atoms with van der Waals surface area (Å²) >= 11 is 0. The minimum atomic E-state index is -0.142. The number of aryl methyl sites for hydroxylation is 3. The van der Waals surface area contributed by atoms with E-state index in [4.69, 9.17) is 4.42 Å². The van der Waals surface area contributed by atoms with Gasteiger partial charge < -0.3 is 14.2 Å². The topological polar surface area (TPSA) is 71.6 Å². The molecule has 0 radical (unpaired) electrons. The second-order valence-electron chi connectivity index (χ2n) is 7.42. The highest BCUT2D eigenvalue weighted by Crippen LogP contribution is 2.25. The van der Waals surface area contributed by atoms with Gasteiger partial charge in [0.15, 0.2) is 11.5 Å². The Morgan fingerprint density at radius 3 is 2.31 bits per heavy atom. The molecule has 1 aromatic carbocycles. The molecule has 7 heteroatoms. The molecule has 0 saturated carbocycles. The number of piperazine rings is 1. The predicted molar refractivity (Wildman–Crippen MR) is 109 cm³/mol. The fourth-order valence-electron chi connectivity index (χ4n) is 3.67. The van der Waals surface area contributed by atoms with Gasteiger partial charge in [-0.1, -0.05) is 17.7 Å². The van der Waals surface area contributed by atoms with Crippen LogP contribution in [-0.4, -0.2) is 57.6 Å². The summed E-state index contributed by atoms with van der Waals surface area (Å²) in [5, 5.41) is 4.46. The Morgan fingerprint density at radius 2 is 1.66 bits per heavy atom. The molecule has 29 heavy (non-hydrogen) atoms. The number of amides is 2. The highest BCUT2D eigenvalue weighted by Gasteiger charge is 2.28. The van der Waals surface area contributed by atoms with Gasteiger partial charge in [0, 0.05) is 38.8 Å². The predicted octanol–water partition coefficient (Wildman–Crippen LogP) is 2.90. The molecule has 1 fully saturated rings. The molecule has 150 valence electrons. The Hall–Kier alpha value is -3.35. The van der Waals surface area contributed by atoms with Crippen LogP contribution in [0.3, 0.4) is 0 Å². The Balaban J connectivity index is 1.47. The normalized spacial score (nSPS) is 14.3. The third-order valence-electron chi connectivity index (χ3n) is 5.35. The summed E-state index contributed by atoms with van der Waals surface area (Å²) in [7, 11) is 1.86. The molecule has 0 N–H and O–H groups in total. The van der Waals surface area contributed by atoms with E-state index in [0.717, 1.165) is 22.4 Å². The summed E-state index contributed by atoms with van der Waals surface area (Å²) in [6.07, 6.45) is 1.49. The summed E-state index contributed by atoms with van der Waals surface area (Å²) in [6.45, 7) is 6.00. The third-order valence-corrected chi connectivity index (χ3v) is 5.35. The Labute approximate surface area is 169 Å². The van der Waals surface area contributed by atoms with E-state index in [1.54, 1.807) is 26.6 Å². The van der Waals surface area contributed by atoms with Gasteiger partial charge in [-0.3, -0.25) is 14.3 Å². The maximum Gasteiger partial charge on any atom is 0.289 e. The van der Waals surface area contributed by atoms with E-state index in [1.807, 2.05) is 13.1 Å². The number of rotatable bonds is 3. The lowest BCUT2D eigenvalue weighted by Crippen LogP contribution is -2.50. The molecular weight excluding hydrogens is 368 g/mol. The standard InChI is InChI=1S/C22H24N4O3/c1-15-6-7-16(2)17(13-15)19-14-18(23-24(19)3)21(27)25-8-10-26(11-9-25)22(28)20-5-4-12-29-20/h4-7,12-14H,8-11H2,1-3H3. The number of hydrogen-bond acceptors (Lipinski definition) is 4. The Morgan fingerprint density at radius 1 is 0.966 bits per heavy atom. The Kier molecular flexibility index (Phi) is 4.96. The van der Waals surface area contributed by atoms with Gasteiger partial charge >= 0.3 is 0 Å². The molecule has 2 aromatic heterocycles. The molecule has 0 atom stereocenters. The molecule has 2 amide bonds. The molecule has 0 spiro atoms. The first-order valence-electron chi connectivity index (χ1n) is 9.68. The first-order valence-corrected chi connectivity index (χ1v) is 9.68. The number of hydrogen-bond donors (Lipinski definition) is 0. The summed E-state index contributed by atoms with van der Waals surface area (Å²) in [4.78, 5) is 28.8. The minimum Gasteiger partial charge on any atom is -0.459 e. The van der Waals surface area contributed by atoms with Gasteiger partial charge in [-0.15, -0.1) is 0 Å². The van der Waals surface area contributed by atoms with Gasteiger partial charge in [0.05, 0.1) is 12.0 Å². The average Bonchev–Trinajstić information content (AvgIpc) is 3.39. The monoisotopic (exact) mass is 392 g/mol. The van der Waals surface area contributed by atoms with E-state index < -0.39 is 0 Å². The van der Waals surface area contributed by atoms with Crippen molar-refractivity contribution in [2.45, 2.75) is 13.8 Å². The van der Waals surface area contributed by atoms with E-state index in [1.165, 1.54) is 6.26 Å². The SMILES string of the molecule is Cc1ccc(C)c(-c2cc(C(=O)N3CCN(C(=O)c4ccco4)CC3)nn2C)c1. The number of carbonyl (C=O) groups is 2. The highest BCUT2D eigenvalue weighted by molar-refractivity contribution is 5.94.